The second-order valence-corrected chi connectivity index (χ2v) is 6.15. The Bertz CT molecular complexity index is 523. The number of hydrogen-bond acceptors (Lipinski definition) is 4. The molecule has 0 heterocycles. The fourth-order valence-electron chi connectivity index (χ4n) is 2.27. The molecular weight excluding hydrogens is 336 g/mol. The Morgan fingerprint density at radius 1 is 1.12 bits per heavy atom. The number of nitrogens with one attached hydrogen (secondary N) is 2. The molecule has 5 nitrogen and oxygen atoms in total. The van der Waals surface area contributed by atoms with E-state index in [9.17, 15) is 4.79 Å². The smallest absolute Gasteiger partial charge is 0.226 e. The predicted octanol–water partition coefficient (Wildman–Crippen LogP) is 4.28. The van der Waals surface area contributed by atoms with Crippen molar-refractivity contribution >= 4 is 28.9 Å². The molecule has 0 aliphatic heterocycles. The van der Waals surface area contributed by atoms with Crippen molar-refractivity contribution in [2.75, 3.05) is 25.1 Å². The van der Waals surface area contributed by atoms with E-state index in [4.69, 9.17) is 21.7 Å². The Labute approximate surface area is 156 Å². The molecule has 1 aromatic rings. The molecule has 0 fully saturated rings. The fourth-order valence-corrected chi connectivity index (χ4v) is 2.50. The average molecular weight is 367 g/mol. The van der Waals surface area contributed by atoms with Crippen LogP contribution in [0.1, 0.15) is 52.4 Å². The van der Waals surface area contributed by atoms with Crippen molar-refractivity contribution < 1.29 is 14.3 Å². The average Bonchev–Trinajstić information content (AvgIpc) is 2.59. The van der Waals surface area contributed by atoms with Crippen molar-refractivity contribution in [3.63, 3.8) is 0 Å². The highest BCUT2D eigenvalue weighted by Crippen LogP contribution is 2.17. The first kappa shape index (κ1) is 21.4. The number of carbonyl (C=O) groups is 1. The van der Waals surface area contributed by atoms with Gasteiger partial charge in [-0.3, -0.25) is 4.79 Å². The molecule has 140 valence electrons. The van der Waals surface area contributed by atoms with Gasteiger partial charge in [-0.25, -0.2) is 0 Å². The number of anilines is 1. The van der Waals surface area contributed by atoms with Crippen LogP contribution in [-0.2, 0) is 9.53 Å². The van der Waals surface area contributed by atoms with Gasteiger partial charge in [0.25, 0.3) is 0 Å². The van der Waals surface area contributed by atoms with E-state index >= 15 is 0 Å². The van der Waals surface area contributed by atoms with Crippen LogP contribution in [0.4, 0.5) is 5.69 Å². The highest BCUT2D eigenvalue weighted by atomic mass is 32.1. The second kappa shape index (κ2) is 13.6. The summed E-state index contributed by atoms with van der Waals surface area (Å²) >= 11 is 5.19. The standard InChI is InChI=1S/C19H30N2O3S/c1-3-5-6-7-8-12-18(22)21-19(25)20-16-10-9-11-17(15-16)24-14-13-23-4-2/h9-11,15H,3-8,12-14H2,1-2H3,(H2,20,21,22,25). The van der Waals surface area contributed by atoms with Gasteiger partial charge >= 0.3 is 0 Å². The maximum atomic E-state index is 11.9. The van der Waals surface area contributed by atoms with Gasteiger partial charge in [-0.15, -0.1) is 0 Å². The molecule has 1 rings (SSSR count). The number of benzene rings is 1. The summed E-state index contributed by atoms with van der Waals surface area (Å²) in [7, 11) is 0. The molecule has 0 saturated carbocycles. The van der Waals surface area contributed by atoms with Crippen LogP contribution in [0.15, 0.2) is 24.3 Å². The lowest BCUT2D eigenvalue weighted by atomic mass is 10.1. The minimum Gasteiger partial charge on any atom is -0.491 e. The topological polar surface area (TPSA) is 59.6 Å². The first-order valence-corrected chi connectivity index (χ1v) is 9.48. The minimum absolute atomic E-state index is 0.0434. The van der Waals surface area contributed by atoms with Gasteiger partial charge in [0.1, 0.15) is 12.4 Å². The predicted molar refractivity (Wildman–Crippen MR) is 106 cm³/mol. The van der Waals surface area contributed by atoms with Crippen molar-refractivity contribution in [2.45, 2.75) is 52.4 Å². The van der Waals surface area contributed by atoms with Gasteiger partial charge in [-0.1, -0.05) is 38.7 Å². The van der Waals surface area contributed by atoms with E-state index in [0.717, 1.165) is 24.3 Å². The molecule has 0 aromatic heterocycles. The van der Waals surface area contributed by atoms with Crippen LogP contribution >= 0.6 is 12.2 Å². The molecule has 0 unspecified atom stereocenters. The molecule has 0 saturated heterocycles. The SMILES string of the molecule is CCCCCCCC(=O)NC(=S)Nc1cccc(OCCOCC)c1. The Kier molecular flexibility index (Phi) is 11.6. The second-order valence-electron chi connectivity index (χ2n) is 5.74. The van der Waals surface area contributed by atoms with Crippen molar-refractivity contribution in [1.82, 2.24) is 5.32 Å². The normalized spacial score (nSPS) is 10.3. The molecule has 1 amide bonds. The van der Waals surface area contributed by atoms with Gasteiger partial charge in [-0.05, 0) is 37.7 Å². The van der Waals surface area contributed by atoms with E-state index in [1.165, 1.54) is 19.3 Å². The molecule has 25 heavy (non-hydrogen) atoms. The zero-order valence-corrected chi connectivity index (χ0v) is 16.1. The quantitative estimate of drug-likeness (QED) is 0.427. The highest BCUT2D eigenvalue weighted by Gasteiger charge is 2.05. The third-order valence-corrected chi connectivity index (χ3v) is 3.76. The van der Waals surface area contributed by atoms with Crippen molar-refractivity contribution in [3.05, 3.63) is 24.3 Å². The van der Waals surface area contributed by atoms with E-state index in [2.05, 4.69) is 17.6 Å². The molecule has 0 aliphatic rings. The monoisotopic (exact) mass is 366 g/mol. The van der Waals surface area contributed by atoms with Gasteiger partial charge in [0.05, 0.1) is 6.61 Å². The van der Waals surface area contributed by atoms with Gasteiger partial charge in [0.15, 0.2) is 5.11 Å². The Morgan fingerprint density at radius 3 is 2.68 bits per heavy atom. The lowest BCUT2D eigenvalue weighted by molar-refractivity contribution is -0.119. The molecule has 0 aliphatic carbocycles. The van der Waals surface area contributed by atoms with E-state index in [0.29, 0.717) is 31.4 Å². The maximum absolute atomic E-state index is 11.9. The number of carbonyl (C=O) groups excluding carboxylic acids is 1. The van der Waals surface area contributed by atoms with Gasteiger partial charge in [0, 0.05) is 24.8 Å². The number of thiocarbonyl (C=S) groups is 1. The van der Waals surface area contributed by atoms with Crippen LogP contribution in [0.3, 0.4) is 0 Å². The first-order chi connectivity index (χ1) is 12.2. The van der Waals surface area contributed by atoms with Crippen LogP contribution in [-0.4, -0.2) is 30.8 Å². The van der Waals surface area contributed by atoms with Gasteiger partial charge in [0.2, 0.25) is 5.91 Å². The third-order valence-electron chi connectivity index (χ3n) is 3.55. The Morgan fingerprint density at radius 2 is 1.92 bits per heavy atom. The third kappa shape index (κ3) is 10.7. The van der Waals surface area contributed by atoms with Gasteiger partial charge in [-0.2, -0.15) is 0 Å². The summed E-state index contributed by atoms with van der Waals surface area (Å²) in [6, 6.07) is 7.46. The van der Waals surface area contributed by atoms with Crippen LogP contribution in [0.5, 0.6) is 5.75 Å². The van der Waals surface area contributed by atoms with Crippen molar-refractivity contribution in [2.24, 2.45) is 0 Å². The Hall–Kier alpha value is -1.66. The number of amides is 1. The fraction of sp³-hybridized carbons (Fsp3) is 0.579. The zero-order valence-electron chi connectivity index (χ0n) is 15.3. The summed E-state index contributed by atoms with van der Waals surface area (Å²) in [5, 5.41) is 6.04. The van der Waals surface area contributed by atoms with Crippen LogP contribution in [0.2, 0.25) is 0 Å². The van der Waals surface area contributed by atoms with E-state index < -0.39 is 0 Å². The number of ether oxygens (including phenoxy) is 2. The number of hydrogen-bond donors (Lipinski definition) is 2. The molecule has 1 aromatic carbocycles. The van der Waals surface area contributed by atoms with E-state index in [-0.39, 0.29) is 5.91 Å². The Balaban J connectivity index is 2.30. The van der Waals surface area contributed by atoms with E-state index in [1.54, 1.807) is 0 Å². The van der Waals surface area contributed by atoms with Crippen molar-refractivity contribution in [3.8, 4) is 5.75 Å². The van der Waals surface area contributed by atoms with E-state index in [1.807, 2.05) is 31.2 Å². The first-order valence-electron chi connectivity index (χ1n) is 9.07. The number of unbranched alkanes of at least 4 members (excludes halogenated alkanes) is 4. The largest absolute Gasteiger partial charge is 0.491 e. The molecular formula is C19H30N2O3S. The minimum atomic E-state index is -0.0434. The maximum Gasteiger partial charge on any atom is 0.226 e. The molecule has 0 spiro atoms. The summed E-state index contributed by atoms with van der Waals surface area (Å²) in [4.78, 5) is 11.9. The lowest BCUT2D eigenvalue weighted by Crippen LogP contribution is -2.33. The summed E-state index contributed by atoms with van der Waals surface area (Å²) < 4.78 is 10.8. The van der Waals surface area contributed by atoms with Gasteiger partial charge < -0.3 is 20.1 Å². The molecule has 0 atom stereocenters. The van der Waals surface area contributed by atoms with Crippen LogP contribution < -0.4 is 15.4 Å². The molecule has 0 bridgehead atoms. The summed E-state index contributed by atoms with van der Waals surface area (Å²) in [6.45, 7) is 5.86. The molecule has 2 N–H and O–H groups in total. The summed E-state index contributed by atoms with van der Waals surface area (Å²) in [5.74, 6) is 0.688. The number of rotatable bonds is 12. The lowest BCUT2D eigenvalue weighted by Gasteiger charge is -2.11. The van der Waals surface area contributed by atoms with Crippen molar-refractivity contribution in [1.29, 1.82) is 0 Å². The van der Waals surface area contributed by atoms with Crippen LogP contribution in [0, 0.1) is 0 Å². The molecule has 0 radical (unpaired) electrons. The highest BCUT2D eigenvalue weighted by molar-refractivity contribution is 7.80. The summed E-state index contributed by atoms with van der Waals surface area (Å²) in [6.07, 6.45) is 6.11. The van der Waals surface area contributed by atoms with Crippen LogP contribution in [0.25, 0.3) is 0 Å². The summed E-state index contributed by atoms with van der Waals surface area (Å²) in [5.41, 5.74) is 0.780. The zero-order chi connectivity index (χ0) is 18.3. The molecule has 6 heteroatoms.